The lowest BCUT2D eigenvalue weighted by molar-refractivity contribution is 0.528. The molecule has 1 aliphatic carbocycles. The van der Waals surface area contributed by atoms with Gasteiger partial charge in [-0.25, -0.2) is 4.68 Å². The first-order valence-electron chi connectivity index (χ1n) is 4.91. The lowest BCUT2D eigenvalue weighted by Crippen LogP contribution is -2.01. The van der Waals surface area contributed by atoms with E-state index >= 15 is 0 Å². The normalized spacial score (nSPS) is 18.2. The van der Waals surface area contributed by atoms with Crippen molar-refractivity contribution in [2.24, 2.45) is 13.0 Å². The van der Waals surface area contributed by atoms with Gasteiger partial charge in [0.2, 0.25) is 5.95 Å². The van der Waals surface area contributed by atoms with Crippen LogP contribution in [0.15, 0.2) is 0 Å². The van der Waals surface area contributed by atoms with E-state index in [4.69, 9.17) is 5.73 Å². The molecule has 4 heteroatoms. The number of hydrogen-bond acceptors (Lipinski definition) is 3. The van der Waals surface area contributed by atoms with Gasteiger partial charge in [0.15, 0.2) is 5.82 Å². The predicted molar refractivity (Wildman–Crippen MR) is 51.1 cm³/mol. The zero-order valence-corrected chi connectivity index (χ0v) is 8.03. The van der Waals surface area contributed by atoms with Gasteiger partial charge in [-0.2, -0.15) is 10.1 Å². The summed E-state index contributed by atoms with van der Waals surface area (Å²) in [6.07, 6.45) is 6.40. The minimum atomic E-state index is 0.521. The lowest BCUT2D eigenvalue weighted by atomic mass is 10.0. The number of rotatable bonds is 2. The number of aryl methyl sites for hydroxylation is 1. The van der Waals surface area contributed by atoms with Gasteiger partial charge in [-0.3, -0.25) is 0 Å². The average molecular weight is 180 g/mol. The largest absolute Gasteiger partial charge is 0.368 e. The summed E-state index contributed by atoms with van der Waals surface area (Å²) in [4.78, 5) is 4.20. The number of nitrogen functional groups attached to an aromatic ring is 1. The smallest absolute Gasteiger partial charge is 0.218 e. The standard InChI is InChI=1S/C9H16N4/c1-13-9(10)11-8(12-13)6-7-4-2-3-5-7/h7H,2-6H2,1H3,(H2,10,11,12). The molecule has 0 bridgehead atoms. The summed E-state index contributed by atoms with van der Waals surface area (Å²) in [6, 6.07) is 0. The molecule has 4 nitrogen and oxygen atoms in total. The van der Waals surface area contributed by atoms with Crippen LogP contribution in [0.2, 0.25) is 0 Å². The SMILES string of the molecule is Cn1nc(CC2CCCC2)nc1N. The third-order valence-electron chi connectivity index (χ3n) is 2.79. The van der Waals surface area contributed by atoms with E-state index in [1.165, 1.54) is 25.7 Å². The molecule has 2 N–H and O–H groups in total. The zero-order chi connectivity index (χ0) is 9.26. The maximum atomic E-state index is 5.60. The fraction of sp³-hybridized carbons (Fsp3) is 0.778. The summed E-state index contributed by atoms with van der Waals surface area (Å²) >= 11 is 0. The van der Waals surface area contributed by atoms with Gasteiger partial charge in [0.05, 0.1) is 0 Å². The molecule has 0 saturated heterocycles. The molecule has 0 unspecified atom stereocenters. The minimum absolute atomic E-state index is 0.521. The van der Waals surface area contributed by atoms with Gasteiger partial charge in [0.1, 0.15) is 0 Å². The van der Waals surface area contributed by atoms with Gasteiger partial charge in [0, 0.05) is 13.5 Å². The maximum absolute atomic E-state index is 5.60. The first-order chi connectivity index (χ1) is 6.25. The van der Waals surface area contributed by atoms with Gasteiger partial charge >= 0.3 is 0 Å². The number of aromatic nitrogens is 3. The summed E-state index contributed by atoms with van der Waals surface area (Å²) in [5.41, 5.74) is 5.60. The van der Waals surface area contributed by atoms with Crippen molar-refractivity contribution >= 4 is 5.95 Å². The van der Waals surface area contributed by atoms with Crippen LogP contribution in [0.3, 0.4) is 0 Å². The Bertz CT molecular complexity index is 266. The molecule has 2 rings (SSSR count). The molecule has 0 aromatic carbocycles. The lowest BCUT2D eigenvalue weighted by Gasteiger charge is -2.03. The molecule has 0 atom stereocenters. The quantitative estimate of drug-likeness (QED) is 0.742. The first-order valence-corrected chi connectivity index (χ1v) is 4.91. The summed E-state index contributed by atoms with van der Waals surface area (Å²) in [6.45, 7) is 0. The van der Waals surface area contributed by atoms with Gasteiger partial charge in [-0.05, 0) is 5.92 Å². The van der Waals surface area contributed by atoms with Crippen molar-refractivity contribution in [3.63, 3.8) is 0 Å². The Morgan fingerprint density at radius 1 is 1.46 bits per heavy atom. The fourth-order valence-electron chi connectivity index (χ4n) is 2.01. The van der Waals surface area contributed by atoms with Crippen molar-refractivity contribution in [1.29, 1.82) is 0 Å². The molecular formula is C9H16N4. The predicted octanol–water partition coefficient (Wildman–Crippen LogP) is 1.13. The molecule has 0 spiro atoms. The molecule has 1 heterocycles. The summed E-state index contributed by atoms with van der Waals surface area (Å²) in [5, 5.41) is 4.25. The second-order valence-corrected chi connectivity index (χ2v) is 3.86. The van der Waals surface area contributed by atoms with E-state index < -0.39 is 0 Å². The third kappa shape index (κ3) is 1.82. The molecule has 0 aliphatic heterocycles. The number of anilines is 1. The highest BCUT2D eigenvalue weighted by molar-refractivity contribution is 5.15. The van der Waals surface area contributed by atoms with Crippen LogP contribution in [0.25, 0.3) is 0 Å². The number of hydrogen-bond donors (Lipinski definition) is 1. The van der Waals surface area contributed by atoms with Crippen LogP contribution in [-0.2, 0) is 13.5 Å². The van der Waals surface area contributed by atoms with Crippen LogP contribution >= 0.6 is 0 Å². The summed E-state index contributed by atoms with van der Waals surface area (Å²) in [7, 11) is 1.83. The van der Waals surface area contributed by atoms with E-state index in [2.05, 4.69) is 10.1 Å². The molecule has 1 aliphatic rings. The molecule has 0 amide bonds. The van der Waals surface area contributed by atoms with E-state index in [0.717, 1.165) is 18.2 Å². The zero-order valence-electron chi connectivity index (χ0n) is 8.03. The molecule has 72 valence electrons. The van der Waals surface area contributed by atoms with Crippen molar-refractivity contribution in [3.8, 4) is 0 Å². The summed E-state index contributed by atoms with van der Waals surface area (Å²) < 4.78 is 1.64. The van der Waals surface area contributed by atoms with Gasteiger partial charge in [0.25, 0.3) is 0 Å². The Morgan fingerprint density at radius 2 is 2.15 bits per heavy atom. The molecule has 0 radical (unpaired) electrons. The average Bonchev–Trinajstić information content (AvgIpc) is 2.64. The van der Waals surface area contributed by atoms with E-state index in [1.54, 1.807) is 4.68 Å². The van der Waals surface area contributed by atoms with Crippen LogP contribution < -0.4 is 5.73 Å². The van der Waals surface area contributed by atoms with Crippen molar-refractivity contribution in [1.82, 2.24) is 14.8 Å². The van der Waals surface area contributed by atoms with E-state index in [1.807, 2.05) is 7.05 Å². The molecule has 13 heavy (non-hydrogen) atoms. The van der Waals surface area contributed by atoms with Crippen LogP contribution in [0, 0.1) is 5.92 Å². The van der Waals surface area contributed by atoms with Crippen LogP contribution in [0.1, 0.15) is 31.5 Å². The molecule has 1 aromatic heterocycles. The molecule has 1 aromatic rings. The Balaban J connectivity index is 2.00. The second-order valence-electron chi connectivity index (χ2n) is 3.86. The highest BCUT2D eigenvalue weighted by Gasteiger charge is 2.17. The minimum Gasteiger partial charge on any atom is -0.368 e. The Kier molecular flexibility index (Phi) is 2.20. The Hall–Kier alpha value is -1.06. The third-order valence-corrected chi connectivity index (χ3v) is 2.79. The van der Waals surface area contributed by atoms with E-state index in [-0.39, 0.29) is 0 Å². The highest BCUT2D eigenvalue weighted by atomic mass is 15.4. The van der Waals surface area contributed by atoms with Gasteiger partial charge < -0.3 is 5.73 Å². The van der Waals surface area contributed by atoms with Gasteiger partial charge in [-0.1, -0.05) is 25.7 Å². The van der Waals surface area contributed by atoms with E-state index in [9.17, 15) is 0 Å². The number of nitrogens with zero attached hydrogens (tertiary/aromatic N) is 3. The number of nitrogens with two attached hydrogens (primary N) is 1. The van der Waals surface area contributed by atoms with Gasteiger partial charge in [-0.15, -0.1) is 0 Å². The van der Waals surface area contributed by atoms with Crippen LogP contribution in [-0.4, -0.2) is 14.8 Å². The van der Waals surface area contributed by atoms with Crippen LogP contribution in [0.5, 0.6) is 0 Å². The Morgan fingerprint density at radius 3 is 2.69 bits per heavy atom. The molecule has 1 fully saturated rings. The van der Waals surface area contributed by atoms with Crippen molar-refractivity contribution < 1.29 is 0 Å². The maximum Gasteiger partial charge on any atom is 0.218 e. The van der Waals surface area contributed by atoms with Crippen molar-refractivity contribution in [3.05, 3.63) is 5.82 Å². The van der Waals surface area contributed by atoms with E-state index in [0.29, 0.717) is 5.95 Å². The van der Waals surface area contributed by atoms with Crippen molar-refractivity contribution in [2.45, 2.75) is 32.1 Å². The molecular weight excluding hydrogens is 164 g/mol. The summed E-state index contributed by atoms with van der Waals surface area (Å²) in [5.74, 6) is 2.22. The van der Waals surface area contributed by atoms with Crippen molar-refractivity contribution in [2.75, 3.05) is 5.73 Å². The highest BCUT2D eigenvalue weighted by Crippen LogP contribution is 2.27. The fourth-order valence-corrected chi connectivity index (χ4v) is 2.01. The molecule has 1 saturated carbocycles. The monoisotopic (exact) mass is 180 g/mol. The topological polar surface area (TPSA) is 56.7 Å². The first kappa shape index (κ1) is 8.53. The van der Waals surface area contributed by atoms with Crippen LogP contribution in [0.4, 0.5) is 5.95 Å². The Labute approximate surface area is 78.1 Å². The second kappa shape index (κ2) is 3.36.